The summed E-state index contributed by atoms with van der Waals surface area (Å²) in [6, 6.07) is 7.65. The van der Waals surface area contributed by atoms with Crippen LogP contribution in [-0.4, -0.2) is 40.5 Å². The topological polar surface area (TPSA) is 111 Å². The molecule has 9 heteroatoms. The Morgan fingerprint density at radius 2 is 1.83 bits per heavy atom. The van der Waals surface area contributed by atoms with Gasteiger partial charge in [-0.25, -0.2) is 9.59 Å². The van der Waals surface area contributed by atoms with Gasteiger partial charge in [-0.2, -0.15) is 5.26 Å². The fraction of sp³-hybridized carbons (Fsp3) is 0.296. The molecule has 0 aliphatic carbocycles. The molecule has 0 saturated carbocycles. The summed E-state index contributed by atoms with van der Waals surface area (Å²) in [7, 11) is 0. The third-order valence-corrected chi connectivity index (χ3v) is 6.85. The lowest BCUT2D eigenvalue weighted by Gasteiger charge is -2.08. The van der Waals surface area contributed by atoms with Crippen LogP contribution in [0.2, 0.25) is 0 Å². The van der Waals surface area contributed by atoms with Crippen molar-refractivity contribution in [3.8, 4) is 11.8 Å². The van der Waals surface area contributed by atoms with Gasteiger partial charge in [0.05, 0.1) is 36.2 Å². The van der Waals surface area contributed by atoms with Gasteiger partial charge in [-0.05, 0) is 70.0 Å². The second kappa shape index (κ2) is 11.6. The zero-order chi connectivity index (χ0) is 26.4. The van der Waals surface area contributed by atoms with Crippen LogP contribution in [0.3, 0.4) is 0 Å². The first-order valence-electron chi connectivity index (χ1n) is 11.4. The van der Waals surface area contributed by atoms with Gasteiger partial charge in [0.25, 0.3) is 0 Å². The van der Waals surface area contributed by atoms with Crippen LogP contribution < -0.4 is 0 Å². The molecule has 3 aromatic heterocycles. The first-order chi connectivity index (χ1) is 17.2. The lowest BCUT2D eigenvalue weighted by Crippen LogP contribution is -2.12. The lowest BCUT2D eigenvalue weighted by atomic mass is 10.0. The van der Waals surface area contributed by atoms with E-state index in [1.54, 1.807) is 39.2 Å². The number of pyridine rings is 1. The Morgan fingerprint density at radius 3 is 2.44 bits per heavy atom. The summed E-state index contributed by atoms with van der Waals surface area (Å²) in [5, 5.41) is 9.78. The van der Waals surface area contributed by atoms with Crippen molar-refractivity contribution in [1.29, 1.82) is 5.26 Å². The Kier molecular flexibility index (Phi) is 8.56. The number of allylic oxidation sites excluding steroid dienone is 1. The molecule has 0 bridgehead atoms. The van der Waals surface area contributed by atoms with Crippen LogP contribution in [0.25, 0.3) is 11.8 Å². The Morgan fingerprint density at radius 1 is 1.14 bits per heavy atom. The number of Topliss-reactive ketones (excluding diaryl/α,β-unsaturated/α-hetero) is 1. The largest absolute Gasteiger partial charge is 0.462 e. The second-order valence-corrected chi connectivity index (χ2v) is 9.04. The van der Waals surface area contributed by atoms with Crippen LogP contribution in [0.5, 0.6) is 0 Å². The molecule has 0 atom stereocenters. The normalized spacial score (nSPS) is 11.2. The zero-order valence-electron chi connectivity index (χ0n) is 20.9. The number of hydrogen-bond acceptors (Lipinski definition) is 8. The molecule has 186 valence electrons. The number of ketones is 1. The van der Waals surface area contributed by atoms with Crippen LogP contribution >= 0.6 is 11.3 Å². The van der Waals surface area contributed by atoms with Crippen molar-refractivity contribution < 1.29 is 23.9 Å². The highest BCUT2D eigenvalue weighted by Gasteiger charge is 2.28. The van der Waals surface area contributed by atoms with E-state index in [0.29, 0.717) is 10.4 Å². The molecule has 0 aliphatic heterocycles. The summed E-state index contributed by atoms with van der Waals surface area (Å²) in [5.41, 5.74) is 3.89. The van der Waals surface area contributed by atoms with Crippen molar-refractivity contribution in [2.75, 3.05) is 13.2 Å². The summed E-state index contributed by atoms with van der Waals surface area (Å²) in [5.74, 6) is -1.65. The number of ether oxygens (including phenoxy) is 2. The van der Waals surface area contributed by atoms with Crippen molar-refractivity contribution in [2.45, 2.75) is 41.0 Å². The highest BCUT2D eigenvalue weighted by molar-refractivity contribution is 7.14. The molecule has 0 amide bonds. The Hall–Kier alpha value is -4.03. The minimum atomic E-state index is -0.618. The number of nitrogens with zero attached hydrogens (tertiary/aromatic N) is 3. The fourth-order valence-corrected chi connectivity index (χ4v) is 5.13. The van der Waals surface area contributed by atoms with E-state index in [1.807, 2.05) is 42.7 Å². The minimum Gasteiger partial charge on any atom is -0.462 e. The standard InChI is InChI=1S/C27H27N3O5S/c1-6-34-26(32)24-17(4)25(27(33)35-7-2)36-23(24)13-22(31)20(14-28)12-19-11-16(3)30(18(19)5)21-9-8-10-29-15-21/h8-12,15H,6-7,13H2,1-5H3. The molecular formula is C27H27N3O5S. The maximum Gasteiger partial charge on any atom is 0.348 e. The van der Waals surface area contributed by atoms with Gasteiger partial charge in [-0.3, -0.25) is 9.78 Å². The maximum atomic E-state index is 13.2. The van der Waals surface area contributed by atoms with Gasteiger partial charge in [-0.15, -0.1) is 11.3 Å². The molecule has 0 N–H and O–H groups in total. The summed E-state index contributed by atoms with van der Waals surface area (Å²) in [4.78, 5) is 43.0. The number of carbonyl (C=O) groups excluding carboxylic acids is 3. The van der Waals surface area contributed by atoms with Crippen LogP contribution in [0.15, 0.2) is 36.2 Å². The summed E-state index contributed by atoms with van der Waals surface area (Å²) in [6.07, 6.45) is 4.75. The summed E-state index contributed by atoms with van der Waals surface area (Å²) >= 11 is 1.01. The number of rotatable bonds is 9. The van der Waals surface area contributed by atoms with E-state index in [9.17, 15) is 19.6 Å². The van der Waals surface area contributed by atoms with Gasteiger partial charge in [-0.1, -0.05) is 0 Å². The number of carbonyl (C=O) groups is 3. The average molecular weight is 506 g/mol. The predicted octanol–water partition coefficient (Wildman–Crippen LogP) is 4.93. The number of thiophene rings is 1. The second-order valence-electron chi connectivity index (χ2n) is 7.94. The Labute approximate surface area is 213 Å². The third kappa shape index (κ3) is 5.44. The van der Waals surface area contributed by atoms with Crippen LogP contribution in [-0.2, 0) is 20.7 Å². The zero-order valence-corrected chi connectivity index (χ0v) is 21.7. The maximum absolute atomic E-state index is 13.2. The number of nitriles is 1. The Balaban J connectivity index is 1.98. The molecule has 3 aromatic rings. The van der Waals surface area contributed by atoms with Crippen molar-refractivity contribution in [2.24, 2.45) is 0 Å². The van der Waals surface area contributed by atoms with Crippen molar-refractivity contribution in [3.63, 3.8) is 0 Å². The molecule has 0 fully saturated rings. The van der Waals surface area contributed by atoms with Crippen molar-refractivity contribution >= 4 is 35.1 Å². The monoisotopic (exact) mass is 505 g/mol. The summed E-state index contributed by atoms with van der Waals surface area (Å²) < 4.78 is 12.2. The third-order valence-electron chi connectivity index (χ3n) is 5.58. The van der Waals surface area contributed by atoms with Gasteiger partial charge in [0, 0.05) is 28.9 Å². The minimum absolute atomic E-state index is 0.0556. The van der Waals surface area contributed by atoms with Crippen molar-refractivity contribution in [3.05, 3.63) is 74.0 Å². The van der Waals surface area contributed by atoms with Crippen molar-refractivity contribution in [1.82, 2.24) is 9.55 Å². The quantitative estimate of drug-likeness (QED) is 0.230. The smallest absolute Gasteiger partial charge is 0.348 e. The molecule has 0 aliphatic rings. The van der Waals surface area contributed by atoms with E-state index >= 15 is 0 Å². The number of aryl methyl sites for hydroxylation is 1. The van der Waals surface area contributed by atoms with Gasteiger partial charge < -0.3 is 14.0 Å². The first-order valence-corrected chi connectivity index (χ1v) is 12.3. The van der Waals surface area contributed by atoms with E-state index in [1.165, 1.54) is 0 Å². The fourth-order valence-electron chi connectivity index (χ4n) is 3.95. The molecule has 3 rings (SSSR count). The Bertz CT molecular complexity index is 1380. The van der Waals surface area contributed by atoms with Gasteiger partial charge >= 0.3 is 11.9 Å². The SMILES string of the molecule is CCOC(=O)c1sc(CC(=O)C(C#N)=Cc2cc(C)n(-c3cccnc3)c2C)c(C(=O)OCC)c1C. The predicted molar refractivity (Wildman–Crippen MR) is 136 cm³/mol. The number of esters is 2. The summed E-state index contributed by atoms with van der Waals surface area (Å²) in [6.45, 7) is 9.14. The lowest BCUT2D eigenvalue weighted by molar-refractivity contribution is -0.114. The number of aromatic nitrogens is 2. The molecular weight excluding hydrogens is 478 g/mol. The highest BCUT2D eigenvalue weighted by atomic mass is 32.1. The van der Waals surface area contributed by atoms with Gasteiger partial charge in [0.2, 0.25) is 0 Å². The molecule has 8 nitrogen and oxygen atoms in total. The molecule has 0 saturated heterocycles. The average Bonchev–Trinajstić information content (AvgIpc) is 3.32. The van der Waals surface area contributed by atoms with Crippen LogP contribution in [0, 0.1) is 32.1 Å². The van der Waals surface area contributed by atoms with E-state index in [2.05, 4.69) is 4.98 Å². The van der Waals surface area contributed by atoms with Gasteiger partial charge in [0.15, 0.2) is 5.78 Å². The van der Waals surface area contributed by atoms with Crippen LogP contribution in [0.4, 0.5) is 0 Å². The molecule has 36 heavy (non-hydrogen) atoms. The molecule has 0 radical (unpaired) electrons. The first kappa shape index (κ1) is 26.6. The number of hydrogen-bond donors (Lipinski definition) is 0. The van der Waals surface area contributed by atoms with Crippen LogP contribution in [0.1, 0.15) is 61.3 Å². The molecule has 0 aromatic carbocycles. The highest BCUT2D eigenvalue weighted by Crippen LogP contribution is 2.31. The van der Waals surface area contributed by atoms with E-state index in [4.69, 9.17) is 9.47 Å². The van der Waals surface area contributed by atoms with E-state index in [0.717, 1.165) is 34.0 Å². The van der Waals surface area contributed by atoms with Gasteiger partial charge in [0.1, 0.15) is 10.9 Å². The molecule has 0 unspecified atom stereocenters. The molecule has 3 heterocycles. The van der Waals surface area contributed by atoms with E-state index in [-0.39, 0.29) is 35.6 Å². The molecule has 0 spiro atoms. The van der Waals surface area contributed by atoms with E-state index < -0.39 is 17.7 Å².